The smallest absolute Gasteiger partial charge is 0.349 e. The first-order valence-electron chi connectivity index (χ1n) is 8.90. The maximum absolute atomic E-state index is 11.9. The lowest BCUT2D eigenvalue weighted by molar-refractivity contribution is -0.383. The highest BCUT2D eigenvalue weighted by Gasteiger charge is 2.26. The van der Waals surface area contributed by atoms with Gasteiger partial charge in [-0.15, -0.1) is 0 Å². The predicted molar refractivity (Wildman–Crippen MR) is 115 cm³/mol. The summed E-state index contributed by atoms with van der Waals surface area (Å²) in [5, 5.41) is 15.4. The average molecular weight is 406 g/mol. The van der Waals surface area contributed by atoms with Crippen molar-refractivity contribution in [2.24, 2.45) is 0 Å². The van der Waals surface area contributed by atoms with E-state index in [2.05, 4.69) is 20.3 Å². The summed E-state index contributed by atoms with van der Waals surface area (Å²) < 4.78 is 1.01. The summed E-state index contributed by atoms with van der Waals surface area (Å²) in [5.74, 6) is 0.366. The van der Waals surface area contributed by atoms with Crippen LogP contribution in [0.25, 0.3) is 10.2 Å². The molecule has 0 fully saturated rings. The van der Waals surface area contributed by atoms with Gasteiger partial charge < -0.3 is 10.2 Å². The summed E-state index contributed by atoms with van der Waals surface area (Å²) in [6, 6.07) is 15.6. The van der Waals surface area contributed by atoms with Crippen LogP contribution in [0.5, 0.6) is 0 Å². The molecular formula is C20H18N6O2S. The molecule has 2 heterocycles. The van der Waals surface area contributed by atoms with Crippen molar-refractivity contribution in [3.63, 3.8) is 0 Å². The van der Waals surface area contributed by atoms with Crippen LogP contribution in [0.3, 0.4) is 0 Å². The lowest BCUT2D eigenvalue weighted by atomic mass is 10.2. The highest BCUT2D eigenvalue weighted by molar-refractivity contribution is 7.22. The zero-order valence-electron chi connectivity index (χ0n) is 15.9. The van der Waals surface area contributed by atoms with Crippen molar-refractivity contribution < 1.29 is 4.92 Å². The van der Waals surface area contributed by atoms with E-state index in [0.29, 0.717) is 11.7 Å². The number of nitrogens with one attached hydrogen (secondary N) is 1. The van der Waals surface area contributed by atoms with Gasteiger partial charge in [0.1, 0.15) is 6.33 Å². The number of anilines is 3. The highest BCUT2D eigenvalue weighted by atomic mass is 32.1. The third-order valence-electron chi connectivity index (χ3n) is 4.46. The summed E-state index contributed by atoms with van der Waals surface area (Å²) in [5.41, 5.74) is 2.77. The van der Waals surface area contributed by atoms with Crippen LogP contribution in [-0.2, 0) is 6.54 Å². The van der Waals surface area contributed by atoms with Gasteiger partial charge >= 0.3 is 5.69 Å². The number of rotatable bonds is 6. The predicted octanol–water partition coefficient (Wildman–Crippen LogP) is 4.68. The minimum Gasteiger partial charge on any atom is -0.349 e. The van der Waals surface area contributed by atoms with Gasteiger partial charge in [-0.1, -0.05) is 53.8 Å². The Labute approximate surface area is 171 Å². The second-order valence-corrected chi connectivity index (χ2v) is 7.59. The van der Waals surface area contributed by atoms with Gasteiger partial charge in [0.05, 0.1) is 15.1 Å². The van der Waals surface area contributed by atoms with Gasteiger partial charge in [0.2, 0.25) is 11.6 Å². The third-order valence-corrected chi connectivity index (χ3v) is 5.39. The molecule has 29 heavy (non-hydrogen) atoms. The van der Waals surface area contributed by atoms with Gasteiger partial charge in [-0.3, -0.25) is 10.1 Å². The molecule has 0 aliphatic rings. The fourth-order valence-electron chi connectivity index (χ4n) is 3.08. The van der Waals surface area contributed by atoms with Crippen molar-refractivity contribution in [2.45, 2.75) is 13.5 Å². The van der Waals surface area contributed by atoms with Crippen molar-refractivity contribution in [1.29, 1.82) is 0 Å². The quantitative estimate of drug-likeness (QED) is 0.367. The Morgan fingerprint density at radius 3 is 2.66 bits per heavy atom. The first-order chi connectivity index (χ1) is 14.0. The number of para-hydroxylation sites is 1. The molecule has 4 aromatic rings. The molecule has 9 heteroatoms. The maximum atomic E-state index is 11.9. The number of nitro groups is 1. The Morgan fingerprint density at radius 1 is 1.14 bits per heavy atom. The molecule has 0 spiro atoms. The second-order valence-electron chi connectivity index (χ2n) is 6.56. The SMILES string of the molecule is Cc1cccc2sc(Nc3ncnc(N(C)Cc4ccccc4)c3[N+](=O)[O-])nc12. The van der Waals surface area contributed by atoms with E-state index in [1.165, 1.54) is 17.7 Å². The van der Waals surface area contributed by atoms with Gasteiger partial charge in [-0.2, -0.15) is 0 Å². The van der Waals surface area contributed by atoms with Crippen LogP contribution < -0.4 is 10.2 Å². The van der Waals surface area contributed by atoms with Crippen molar-refractivity contribution in [3.05, 3.63) is 76.1 Å². The second kappa shape index (κ2) is 7.80. The molecule has 146 valence electrons. The first-order valence-corrected chi connectivity index (χ1v) is 9.72. The normalized spacial score (nSPS) is 10.8. The number of hydrogen-bond acceptors (Lipinski definition) is 8. The number of nitrogens with zero attached hydrogens (tertiary/aromatic N) is 5. The number of hydrogen-bond donors (Lipinski definition) is 1. The van der Waals surface area contributed by atoms with Crippen molar-refractivity contribution >= 4 is 44.0 Å². The zero-order valence-corrected chi connectivity index (χ0v) is 16.7. The summed E-state index contributed by atoms with van der Waals surface area (Å²) in [4.78, 5) is 26.0. The van der Waals surface area contributed by atoms with E-state index in [-0.39, 0.29) is 17.3 Å². The van der Waals surface area contributed by atoms with Crippen LogP contribution in [0.2, 0.25) is 0 Å². The number of thiazole rings is 1. The van der Waals surface area contributed by atoms with Gasteiger partial charge in [-0.05, 0) is 24.1 Å². The maximum Gasteiger partial charge on any atom is 0.353 e. The molecule has 0 saturated carbocycles. The topological polar surface area (TPSA) is 97.1 Å². The molecule has 0 radical (unpaired) electrons. The van der Waals surface area contributed by atoms with Crippen LogP contribution in [0.15, 0.2) is 54.9 Å². The van der Waals surface area contributed by atoms with Crippen molar-refractivity contribution in [3.8, 4) is 0 Å². The molecule has 0 amide bonds. The lowest BCUT2D eigenvalue weighted by Crippen LogP contribution is -2.20. The molecule has 0 unspecified atom stereocenters. The van der Waals surface area contributed by atoms with Crippen LogP contribution in [-0.4, -0.2) is 26.9 Å². The lowest BCUT2D eigenvalue weighted by Gasteiger charge is -2.18. The van der Waals surface area contributed by atoms with Crippen molar-refractivity contribution in [1.82, 2.24) is 15.0 Å². The minimum atomic E-state index is -0.461. The molecule has 0 atom stereocenters. The van der Waals surface area contributed by atoms with Crippen molar-refractivity contribution in [2.75, 3.05) is 17.3 Å². The molecule has 0 aliphatic carbocycles. The number of benzene rings is 2. The Balaban J connectivity index is 1.69. The Kier molecular flexibility index (Phi) is 5.05. The van der Waals surface area contributed by atoms with E-state index in [1.807, 2.05) is 55.5 Å². The van der Waals surface area contributed by atoms with E-state index in [9.17, 15) is 10.1 Å². The first kappa shape index (κ1) is 18.8. The molecule has 1 N–H and O–H groups in total. The van der Waals surface area contributed by atoms with Gasteiger partial charge in [0.15, 0.2) is 5.13 Å². The van der Waals surface area contributed by atoms with Crippen LogP contribution in [0, 0.1) is 17.0 Å². The van der Waals surface area contributed by atoms with E-state index < -0.39 is 4.92 Å². The molecule has 4 rings (SSSR count). The van der Waals surface area contributed by atoms with E-state index in [1.54, 1.807) is 11.9 Å². The Hall–Kier alpha value is -3.59. The average Bonchev–Trinajstić information content (AvgIpc) is 3.12. The minimum absolute atomic E-state index is 0.122. The van der Waals surface area contributed by atoms with Gasteiger partial charge in [0, 0.05) is 13.6 Å². The fraction of sp³-hybridized carbons (Fsp3) is 0.150. The number of fused-ring (bicyclic) bond motifs is 1. The standard InChI is InChI=1S/C20H18N6O2S/c1-13-7-6-10-15-16(13)23-20(29-15)24-18-17(26(27)28)19(22-12-21-18)25(2)11-14-8-4-3-5-9-14/h3-10,12H,11H2,1-2H3,(H,21,22,23,24). The van der Waals surface area contributed by atoms with Gasteiger partial charge in [0.25, 0.3) is 0 Å². The molecule has 8 nitrogen and oxygen atoms in total. The number of aromatic nitrogens is 3. The summed E-state index contributed by atoms with van der Waals surface area (Å²) in [7, 11) is 1.77. The summed E-state index contributed by atoms with van der Waals surface area (Å²) >= 11 is 1.42. The van der Waals surface area contributed by atoms with E-state index >= 15 is 0 Å². The molecule has 2 aromatic heterocycles. The third kappa shape index (κ3) is 3.85. The van der Waals surface area contributed by atoms with Crippen LogP contribution >= 0.6 is 11.3 Å². The Bertz CT molecular complexity index is 1180. The molecular weight excluding hydrogens is 388 g/mol. The summed E-state index contributed by atoms with van der Waals surface area (Å²) in [6.45, 7) is 2.47. The highest BCUT2D eigenvalue weighted by Crippen LogP contribution is 2.36. The van der Waals surface area contributed by atoms with Crippen LogP contribution in [0.4, 0.5) is 22.5 Å². The summed E-state index contributed by atoms with van der Waals surface area (Å²) in [6.07, 6.45) is 1.32. The van der Waals surface area contributed by atoms with E-state index in [0.717, 1.165) is 21.3 Å². The largest absolute Gasteiger partial charge is 0.353 e. The van der Waals surface area contributed by atoms with Crippen LogP contribution in [0.1, 0.15) is 11.1 Å². The Morgan fingerprint density at radius 2 is 1.93 bits per heavy atom. The molecule has 2 aromatic carbocycles. The molecule has 0 aliphatic heterocycles. The molecule has 0 bridgehead atoms. The zero-order chi connectivity index (χ0) is 20.4. The van der Waals surface area contributed by atoms with E-state index in [4.69, 9.17) is 0 Å². The fourth-order valence-corrected chi connectivity index (χ4v) is 4.02. The monoisotopic (exact) mass is 406 g/mol. The molecule has 0 saturated heterocycles. The number of aryl methyl sites for hydroxylation is 1. The van der Waals surface area contributed by atoms with Gasteiger partial charge in [-0.25, -0.2) is 15.0 Å².